The third kappa shape index (κ3) is 3.54. The SMILES string of the molecule is O=[N+]([O-])c1cc(Cl)cnc1NCC1(O)CCCCC1. The lowest BCUT2D eigenvalue weighted by atomic mass is 9.85. The highest BCUT2D eigenvalue weighted by molar-refractivity contribution is 6.30. The van der Waals surface area contributed by atoms with Crippen LogP contribution < -0.4 is 5.32 Å². The minimum Gasteiger partial charge on any atom is -0.388 e. The van der Waals surface area contributed by atoms with E-state index in [0.717, 1.165) is 19.3 Å². The number of nitrogens with zero attached hydrogens (tertiary/aromatic N) is 2. The molecule has 2 rings (SSSR count). The Bertz CT molecular complexity index is 475. The van der Waals surface area contributed by atoms with Crippen LogP contribution in [-0.4, -0.2) is 27.2 Å². The van der Waals surface area contributed by atoms with E-state index in [2.05, 4.69) is 10.3 Å². The van der Waals surface area contributed by atoms with Crippen molar-refractivity contribution in [3.8, 4) is 0 Å². The first-order valence-electron chi connectivity index (χ1n) is 6.26. The van der Waals surface area contributed by atoms with Crippen LogP contribution in [0.25, 0.3) is 0 Å². The van der Waals surface area contributed by atoms with Gasteiger partial charge in [0.2, 0.25) is 5.82 Å². The molecule has 1 aromatic heterocycles. The normalized spacial score (nSPS) is 18.0. The second kappa shape index (κ2) is 5.71. The largest absolute Gasteiger partial charge is 0.388 e. The van der Waals surface area contributed by atoms with Crippen LogP contribution in [0.3, 0.4) is 0 Å². The van der Waals surface area contributed by atoms with Gasteiger partial charge in [-0.2, -0.15) is 0 Å². The average Bonchev–Trinajstić information content (AvgIpc) is 2.38. The smallest absolute Gasteiger partial charge is 0.312 e. The zero-order valence-electron chi connectivity index (χ0n) is 10.4. The first-order chi connectivity index (χ1) is 9.00. The van der Waals surface area contributed by atoms with Crippen molar-refractivity contribution in [1.29, 1.82) is 0 Å². The molecule has 0 unspecified atom stereocenters. The lowest BCUT2D eigenvalue weighted by Crippen LogP contribution is -2.39. The number of rotatable bonds is 4. The van der Waals surface area contributed by atoms with E-state index in [1.54, 1.807) is 0 Å². The van der Waals surface area contributed by atoms with Gasteiger partial charge in [-0.3, -0.25) is 10.1 Å². The highest BCUT2D eigenvalue weighted by Crippen LogP contribution is 2.30. The van der Waals surface area contributed by atoms with Crippen LogP contribution in [0.15, 0.2) is 12.3 Å². The minimum atomic E-state index is -0.798. The van der Waals surface area contributed by atoms with E-state index in [4.69, 9.17) is 11.6 Å². The molecule has 2 N–H and O–H groups in total. The number of hydrogen-bond acceptors (Lipinski definition) is 5. The van der Waals surface area contributed by atoms with Gasteiger partial charge in [-0.25, -0.2) is 4.98 Å². The Hall–Kier alpha value is -1.40. The molecule has 1 aromatic rings. The zero-order valence-corrected chi connectivity index (χ0v) is 11.2. The van der Waals surface area contributed by atoms with Gasteiger partial charge in [-0.1, -0.05) is 30.9 Å². The first-order valence-corrected chi connectivity index (χ1v) is 6.64. The van der Waals surface area contributed by atoms with Crippen LogP contribution in [0.1, 0.15) is 32.1 Å². The van der Waals surface area contributed by atoms with Crippen molar-refractivity contribution in [2.75, 3.05) is 11.9 Å². The molecule has 104 valence electrons. The van der Waals surface area contributed by atoms with Crippen LogP contribution in [-0.2, 0) is 0 Å². The summed E-state index contributed by atoms with van der Waals surface area (Å²) in [4.78, 5) is 14.3. The Morgan fingerprint density at radius 1 is 1.47 bits per heavy atom. The maximum Gasteiger partial charge on any atom is 0.312 e. The molecule has 0 aromatic carbocycles. The number of pyridine rings is 1. The van der Waals surface area contributed by atoms with Crippen LogP contribution in [0, 0.1) is 10.1 Å². The molecule has 0 saturated heterocycles. The lowest BCUT2D eigenvalue weighted by Gasteiger charge is -2.32. The van der Waals surface area contributed by atoms with Crippen molar-refractivity contribution in [1.82, 2.24) is 4.98 Å². The van der Waals surface area contributed by atoms with Gasteiger partial charge in [0.15, 0.2) is 0 Å². The highest BCUT2D eigenvalue weighted by Gasteiger charge is 2.30. The molecule has 19 heavy (non-hydrogen) atoms. The number of halogens is 1. The van der Waals surface area contributed by atoms with E-state index in [1.165, 1.54) is 12.3 Å². The summed E-state index contributed by atoms with van der Waals surface area (Å²) in [5, 5.41) is 24.3. The number of hydrogen-bond donors (Lipinski definition) is 2. The van der Waals surface area contributed by atoms with E-state index in [1.807, 2.05) is 0 Å². The second-order valence-electron chi connectivity index (χ2n) is 4.92. The summed E-state index contributed by atoms with van der Waals surface area (Å²) < 4.78 is 0. The molecular weight excluding hydrogens is 270 g/mol. The molecule has 1 heterocycles. The van der Waals surface area contributed by atoms with Crippen molar-refractivity contribution < 1.29 is 10.0 Å². The van der Waals surface area contributed by atoms with Gasteiger partial charge in [0.1, 0.15) is 0 Å². The van der Waals surface area contributed by atoms with Crippen LogP contribution in [0.5, 0.6) is 0 Å². The average molecular weight is 286 g/mol. The first kappa shape index (κ1) is 14.0. The van der Waals surface area contributed by atoms with E-state index >= 15 is 0 Å². The zero-order chi connectivity index (χ0) is 13.9. The van der Waals surface area contributed by atoms with Gasteiger partial charge in [0.05, 0.1) is 15.5 Å². The van der Waals surface area contributed by atoms with Gasteiger partial charge >= 0.3 is 5.69 Å². The highest BCUT2D eigenvalue weighted by atomic mass is 35.5. The summed E-state index contributed by atoms with van der Waals surface area (Å²) >= 11 is 5.69. The maximum atomic E-state index is 10.9. The van der Waals surface area contributed by atoms with E-state index < -0.39 is 10.5 Å². The van der Waals surface area contributed by atoms with Crippen molar-refractivity contribution >= 4 is 23.1 Å². The predicted molar refractivity (Wildman–Crippen MR) is 72.4 cm³/mol. The quantitative estimate of drug-likeness (QED) is 0.656. The number of anilines is 1. The number of nitro groups is 1. The van der Waals surface area contributed by atoms with Crippen molar-refractivity contribution in [2.45, 2.75) is 37.7 Å². The minimum absolute atomic E-state index is 0.147. The van der Waals surface area contributed by atoms with Gasteiger partial charge in [-0.15, -0.1) is 0 Å². The summed E-state index contributed by atoms with van der Waals surface area (Å²) in [6.45, 7) is 0.266. The molecule has 7 heteroatoms. The fourth-order valence-electron chi connectivity index (χ4n) is 2.34. The molecule has 0 amide bonds. The molecule has 1 aliphatic rings. The molecule has 0 atom stereocenters. The predicted octanol–water partition coefficient (Wildman–Crippen LogP) is 2.75. The summed E-state index contributed by atoms with van der Waals surface area (Å²) in [6, 6.07) is 1.25. The fraction of sp³-hybridized carbons (Fsp3) is 0.583. The van der Waals surface area contributed by atoms with E-state index in [9.17, 15) is 15.2 Å². The molecule has 1 fully saturated rings. The summed E-state index contributed by atoms with van der Waals surface area (Å²) in [5.74, 6) is 0.147. The van der Waals surface area contributed by atoms with E-state index in [0.29, 0.717) is 12.8 Å². The second-order valence-corrected chi connectivity index (χ2v) is 5.35. The third-order valence-corrected chi connectivity index (χ3v) is 3.61. The molecule has 1 saturated carbocycles. The van der Waals surface area contributed by atoms with Gasteiger partial charge < -0.3 is 10.4 Å². The molecular formula is C12H16ClN3O3. The Kier molecular flexibility index (Phi) is 4.21. The van der Waals surface area contributed by atoms with Crippen LogP contribution in [0.2, 0.25) is 5.02 Å². The Morgan fingerprint density at radius 3 is 2.79 bits per heavy atom. The van der Waals surface area contributed by atoms with Gasteiger partial charge in [0, 0.05) is 18.8 Å². The molecule has 1 aliphatic carbocycles. The topological polar surface area (TPSA) is 88.3 Å². The number of aliphatic hydroxyl groups is 1. The Labute approximate surface area is 116 Å². The number of aromatic nitrogens is 1. The molecule has 6 nitrogen and oxygen atoms in total. The maximum absolute atomic E-state index is 10.9. The van der Waals surface area contributed by atoms with Gasteiger partial charge in [0.25, 0.3) is 0 Å². The Morgan fingerprint density at radius 2 is 2.16 bits per heavy atom. The molecule has 0 spiro atoms. The fourth-order valence-corrected chi connectivity index (χ4v) is 2.49. The standard InChI is InChI=1S/C12H16ClN3O3/c13-9-6-10(16(18)19)11(14-7-9)15-8-12(17)4-2-1-3-5-12/h6-7,17H,1-5,8H2,(H,14,15). The van der Waals surface area contributed by atoms with Gasteiger partial charge in [-0.05, 0) is 12.8 Å². The van der Waals surface area contributed by atoms with Crippen molar-refractivity contribution in [2.24, 2.45) is 0 Å². The molecule has 0 bridgehead atoms. The van der Waals surface area contributed by atoms with Crippen molar-refractivity contribution in [3.63, 3.8) is 0 Å². The van der Waals surface area contributed by atoms with Crippen LogP contribution >= 0.6 is 11.6 Å². The summed E-state index contributed by atoms with van der Waals surface area (Å²) in [5.41, 5.74) is -0.972. The molecule has 0 radical (unpaired) electrons. The number of nitrogens with one attached hydrogen (secondary N) is 1. The Balaban J connectivity index is 2.08. The lowest BCUT2D eigenvalue weighted by molar-refractivity contribution is -0.384. The third-order valence-electron chi connectivity index (χ3n) is 3.40. The summed E-state index contributed by atoms with van der Waals surface area (Å²) in [7, 11) is 0. The van der Waals surface area contributed by atoms with Crippen molar-refractivity contribution in [3.05, 3.63) is 27.4 Å². The monoisotopic (exact) mass is 285 g/mol. The van der Waals surface area contributed by atoms with Crippen LogP contribution in [0.4, 0.5) is 11.5 Å². The van der Waals surface area contributed by atoms with E-state index in [-0.39, 0.29) is 23.1 Å². The molecule has 0 aliphatic heterocycles. The summed E-state index contributed by atoms with van der Waals surface area (Å²) in [6.07, 6.45) is 5.86.